The van der Waals surface area contributed by atoms with Gasteiger partial charge in [0.25, 0.3) is 0 Å². The van der Waals surface area contributed by atoms with Crippen LogP contribution in [-0.4, -0.2) is 51.7 Å². The second-order valence-electron chi connectivity index (χ2n) is 4.67. The second kappa shape index (κ2) is 5.40. The normalized spacial score (nSPS) is 16.6. The van der Waals surface area contributed by atoms with Gasteiger partial charge in [0.05, 0.1) is 30.3 Å². The molecule has 0 spiro atoms. The Hall–Kier alpha value is -1.63. The van der Waals surface area contributed by atoms with E-state index in [2.05, 4.69) is 9.88 Å². The predicted molar refractivity (Wildman–Crippen MR) is 73.3 cm³/mol. The van der Waals surface area contributed by atoms with Crippen LogP contribution in [-0.2, 0) is 11.3 Å². The van der Waals surface area contributed by atoms with Crippen molar-refractivity contribution in [3.8, 4) is 0 Å². The molecule has 0 atom stereocenters. The van der Waals surface area contributed by atoms with Crippen LogP contribution in [0.2, 0.25) is 5.02 Å². The average Bonchev–Trinajstić information content (AvgIpc) is 2.78. The Balaban J connectivity index is 2.00. The first-order chi connectivity index (χ1) is 9.65. The molecule has 2 aromatic heterocycles. The van der Waals surface area contributed by atoms with Crippen LogP contribution in [0.25, 0.3) is 5.52 Å². The zero-order chi connectivity index (χ0) is 14.1. The van der Waals surface area contributed by atoms with Crippen LogP contribution < -0.4 is 0 Å². The molecule has 0 unspecified atom stereocenters. The van der Waals surface area contributed by atoms with Gasteiger partial charge in [0, 0.05) is 19.3 Å². The molecule has 0 bridgehead atoms. The number of carboxylic acid groups (broad SMARTS) is 1. The van der Waals surface area contributed by atoms with Gasteiger partial charge in [0.2, 0.25) is 0 Å². The number of rotatable bonds is 3. The first-order valence-corrected chi connectivity index (χ1v) is 6.73. The minimum Gasteiger partial charge on any atom is -0.476 e. The zero-order valence-electron chi connectivity index (χ0n) is 10.8. The van der Waals surface area contributed by atoms with Crippen LogP contribution in [0.1, 0.15) is 16.3 Å². The molecule has 1 aliphatic rings. The minimum atomic E-state index is -1.03. The van der Waals surface area contributed by atoms with E-state index >= 15 is 0 Å². The maximum atomic E-state index is 11.3. The van der Waals surface area contributed by atoms with E-state index in [4.69, 9.17) is 16.3 Å². The summed E-state index contributed by atoms with van der Waals surface area (Å²) >= 11 is 5.99. The van der Waals surface area contributed by atoms with Crippen molar-refractivity contribution in [2.45, 2.75) is 6.54 Å². The number of hydrogen-bond donors (Lipinski definition) is 1. The SMILES string of the molecule is O=C(O)c1nc(CN2CCOCC2)n2cc(Cl)ccc12. The van der Waals surface area contributed by atoms with E-state index in [0.717, 1.165) is 13.1 Å². The Morgan fingerprint density at radius 1 is 1.40 bits per heavy atom. The summed E-state index contributed by atoms with van der Waals surface area (Å²) in [5, 5.41) is 9.78. The van der Waals surface area contributed by atoms with Gasteiger partial charge in [-0.2, -0.15) is 0 Å². The van der Waals surface area contributed by atoms with Crippen molar-refractivity contribution in [2.24, 2.45) is 0 Å². The van der Waals surface area contributed by atoms with Crippen LogP contribution in [0.15, 0.2) is 18.3 Å². The Morgan fingerprint density at radius 2 is 2.15 bits per heavy atom. The number of imidazole rings is 1. The number of aromatic carboxylic acids is 1. The van der Waals surface area contributed by atoms with Crippen LogP contribution >= 0.6 is 11.6 Å². The molecule has 0 aromatic carbocycles. The van der Waals surface area contributed by atoms with E-state index in [1.54, 1.807) is 22.7 Å². The minimum absolute atomic E-state index is 0.0601. The molecule has 106 valence electrons. The Labute approximate surface area is 120 Å². The number of carboxylic acids is 1. The maximum absolute atomic E-state index is 11.3. The molecule has 0 saturated carbocycles. The highest BCUT2D eigenvalue weighted by Crippen LogP contribution is 2.19. The number of aromatic nitrogens is 2. The summed E-state index contributed by atoms with van der Waals surface area (Å²) in [7, 11) is 0. The van der Waals surface area contributed by atoms with E-state index in [0.29, 0.717) is 36.1 Å². The van der Waals surface area contributed by atoms with Gasteiger partial charge in [-0.25, -0.2) is 9.78 Å². The molecule has 0 radical (unpaired) electrons. The summed E-state index contributed by atoms with van der Waals surface area (Å²) in [4.78, 5) is 17.7. The summed E-state index contributed by atoms with van der Waals surface area (Å²) in [6, 6.07) is 3.35. The van der Waals surface area contributed by atoms with E-state index in [9.17, 15) is 9.90 Å². The number of morpholine rings is 1. The van der Waals surface area contributed by atoms with Gasteiger partial charge in [-0.3, -0.25) is 4.90 Å². The first-order valence-electron chi connectivity index (χ1n) is 6.35. The molecule has 6 nitrogen and oxygen atoms in total. The van der Waals surface area contributed by atoms with E-state index in [-0.39, 0.29) is 5.69 Å². The van der Waals surface area contributed by atoms with Crippen LogP contribution in [0.5, 0.6) is 0 Å². The van der Waals surface area contributed by atoms with Crippen molar-refractivity contribution in [2.75, 3.05) is 26.3 Å². The standard InChI is InChI=1S/C13H14ClN3O3/c14-9-1-2-10-12(13(18)19)15-11(17(10)7-9)8-16-3-5-20-6-4-16/h1-2,7H,3-6,8H2,(H,18,19). The number of carbonyl (C=O) groups is 1. The molecule has 3 rings (SSSR count). The second-order valence-corrected chi connectivity index (χ2v) is 5.11. The average molecular weight is 296 g/mol. The molecule has 1 N–H and O–H groups in total. The molecule has 1 saturated heterocycles. The number of fused-ring (bicyclic) bond motifs is 1. The summed E-state index contributed by atoms with van der Waals surface area (Å²) < 4.78 is 7.05. The summed E-state index contributed by atoms with van der Waals surface area (Å²) in [5.41, 5.74) is 0.620. The fourth-order valence-electron chi connectivity index (χ4n) is 2.35. The molecule has 7 heteroatoms. The molecular weight excluding hydrogens is 282 g/mol. The highest BCUT2D eigenvalue weighted by Gasteiger charge is 2.19. The molecule has 2 aromatic rings. The lowest BCUT2D eigenvalue weighted by molar-refractivity contribution is 0.0329. The third-order valence-corrected chi connectivity index (χ3v) is 3.57. The summed E-state index contributed by atoms with van der Waals surface area (Å²) in [5.74, 6) is -0.347. The third-order valence-electron chi connectivity index (χ3n) is 3.35. The Kier molecular flexibility index (Phi) is 3.60. The topological polar surface area (TPSA) is 67.1 Å². The third kappa shape index (κ3) is 2.49. The monoisotopic (exact) mass is 295 g/mol. The van der Waals surface area contributed by atoms with Gasteiger partial charge in [-0.1, -0.05) is 11.6 Å². The lowest BCUT2D eigenvalue weighted by Gasteiger charge is -2.25. The van der Waals surface area contributed by atoms with E-state index < -0.39 is 5.97 Å². The van der Waals surface area contributed by atoms with Gasteiger partial charge >= 0.3 is 5.97 Å². The van der Waals surface area contributed by atoms with Gasteiger partial charge in [0.15, 0.2) is 5.69 Å². The summed E-state index contributed by atoms with van der Waals surface area (Å²) in [6.07, 6.45) is 1.70. The van der Waals surface area contributed by atoms with Crippen molar-refractivity contribution in [3.63, 3.8) is 0 Å². The molecule has 3 heterocycles. The van der Waals surface area contributed by atoms with Crippen molar-refractivity contribution in [3.05, 3.63) is 34.9 Å². The number of ether oxygens (including phenoxy) is 1. The zero-order valence-corrected chi connectivity index (χ0v) is 11.5. The van der Waals surface area contributed by atoms with Crippen molar-refractivity contribution in [1.29, 1.82) is 0 Å². The number of pyridine rings is 1. The van der Waals surface area contributed by atoms with Crippen LogP contribution in [0, 0.1) is 0 Å². The molecule has 0 aliphatic carbocycles. The predicted octanol–water partition coefficient (Wildman–Crippen LogP) is 1.52. The quantitative estimate of drug-likeness (QED) is 0.930. The highest BCUT2D eigenvalue weighted by atomic mass is 35.5. The summed E-state index contributed by atoms with van der Waals surface area (Å²) in [6.45, 7) is 3.60. The van der Waals surface area contributed by atoms with E-state index in [1.165, 1.54) is 0 Å². The molecule has 0 amide bonds. The molecule has 20 heavy (non-hydrogen) atoms. The molecular formula is C13H14ClN3O3. The smallest absolute Gasteiger partial charge is 0.356 e. The van der Waals surface area contributed by atoms with Crippen molar-refractivity contribution in [1.82, 2.24) is 14.3 Å². The van der Waals surface area contributed by atoms with E-state index in [1.807, 2.05) is 0 Å². The maximum Gasteiger partial charge on any atom is 0.356 e. The first kappa shape index (κ1) is 13.4. The van der Waals surface area contributed by atoms with Gasteiger partial charge in [-0.15, -0.1) is 0 Å². The number of nitrogens with zero attached hydrogens (tertiary/aromatic N) is 3. The molecule has 1 fully saturated rings. The lowest BCUT2D eigenvalue weighted by atomic mass is 10.3. The van der Waals surface area contributed by atoms with Crippen LogP contribution in [0.4, 0.5) is 0 Å². The fourth-order valence-corrected chi connectivity index (χ4v) is 2.51. The fraction of sp³-hybridized carbons (Fsp3) is 0.385. The van der Waals surface area contributed by atoms with Gasteiger partial charge in [-0.05, 0) is 12.1 Å². The lowest BCUT2D eigenvalue weighted by Crippen LogP contribution is -2.36. The van der Waals surface area contributed by atoms with Crippen molar-refractivity contribution < 1.29 is 14.6 Å². The Morgan fingerprint density at radius 3 is 2.85 bits per heavy atom. The van der Waals surface area contributed by atoms with Crippen LogP contribution in [0.3, 0.4) is 0 Å². The Bertz CT molecular complexity index is 650. The number of halogens is 1. The number of hydrogen-bond acceptors (Lipinski definition) is 4. The van der Waals surface area contributed by atoms with Gasteiger partial charge < -0.3 is 14.2 Å². The largest absolute Gasteiger partial charge is 0.476 e. The van der Waals surface area contributed by atoms with Crippen molar-refractivity contribution >= 4 is 23.1 Å². The van der Waals surface area contributed by atoms with Gasteiger partial charge in [0.1, 0.15) is 5.82 Å². The highest BCUT2D eigenvalue weighted by molar-refractivity contribution is 6.30. The molecule has 1 aliphatic heterocycles.